The lowest BCUT2D eigenvalue weighted by atomic mass is 9.86. The molecule has 0 saturated heterocycles. The van der Waals surface area contributed by atoms with Crippen LogP contribution in [0.3, 0.4) is 0 Å². The summed E-state index contributed by atoms with van der Waals surface area (Å²) in [6.07, 6.45) is 6.41. The fourth-order valence-electron chi connectivity index (χ4n) is 2.82. The largest absolute Gasteiger partial charge is 0.491 e. The zero-order valence-electron chi connectivity index (χ0n) is 16.0. The minimum Gasteiger partial charge on any atom is -0.491 e. The van der Waals surface area contributed by atoms with E-state index in [0.29, 0.717) is 24.2 Å². The molecule has 0 spiro atoms. The van der Waals surface area contributed by atoms with Crippen molar-refractivity contribution in [2.45, 2.75) is 58.4 Å². The van der Waals surface area contributed by atoms with Gasteiger partial charge in [-0.05, 0) is 54.6 Å². The molecule has 2 fully saturated rings. The molecule has 0 radical (unpaired) electrons. The summed E-state index contributed by atoms with van der Waals surface area (Å²) in [5.41, 5.74) is 0.868. The average Bonchev–Trinajstić information content (AvgIpc) is 3.48. The Morgan fingerprint density at radius 1 is 1.27 bits per heavy atom. The fourth-order valence-corrected chi connectivity index (χ4v) is 2.82. The van der Waals surface area contributed by atoms with E-state index < -0.39 is 23.3 Å². The molecule has 26 heavy (non-hydrogen) atoms. The van der Waals surface area contributed by atoms with Crippen LogP contribution >= 0.6 is 0 Å². The number of hydrogen-bond acceptors (Lipinski definition) is 5. The highest BCUT2D eigenvalue weighted by Crippen LogP contribution is 2.41. The topological polar surface area (TPSA) is 77.5 Å². The minimum atomic E-state index is -0.763. The molecule has 2 saturated carbocycles. The van der Waals surface area contributed by atoms with E-state index in [1.807, 2.05) is 26.8 Å². The Morgan fingerprint density at radius 3 is 2.50 bits per heavy atom. The van der Waals surface area contributed by atoms with Crippen LogP contribution in [0.5, 0.6) is 5.75 Å². The van der Waals surface area contributed by atoms with Crippen LogP contribution in [-0.2, 0) is 9.53 Å². The predicted molar refractivity (Wildman–Crippen MR) is 97.2 cm³/mol. The number of rotatable bonds is 7. The first-order valence-corrected chi connectivity index (χ1v) is 9.31. The number of pyridine rings is 1. The van der Waals surface area contributed by atoms with Crippen LogP contribution in [0.15, 0.2) is 12.3 Å². The standard InChI is InChI=1S/C20H28N2O4/c1-20(2,3)17(19(24)25-4)22-18(23)16-15(26-11-12-5-6-12)9-14(10-21-16)13-7-8-13/h9-10,12-13,17H,5-8,11H2,1-4H3,(H,22,23)/t17-/m1/s1. The van der Waals surface area contributed by atoms with Crippen molar-refractivity contribution in [3.05, 3.63) is 23.5 Å². The summed E-state index contributed by atoms with van der Waals surface area (Å²) >= 11 is 0. The van der Waals surface area contributed by atoms with Crippen LogP contribution < -0.4 is 10.1 Å². The smallest absolute Gasteiger partial charge is 0.328 e. The molecule has 6 heteroatoms. The summed E-state index contributed by atoms with van der Waals surface area (Å²) in [5, 5.41) is 2.78. The number of ether oxygens (including phenoxy) is 2. The molecule has 1 aromatic rings. The van der Waals surface area contributed by atoms with Gasteiger partial charge in [0.1, 0.15) is 6.04 Å². The van der Waals surface area contributed by atoms with E-state index in [0.717, 1.165) is 18.4 Å². The van der Waals surface area contributed by atoms with Crippen LogP contribution in [0.4, 0.5) is 0 Å². The van der Waals surface area contributed by atoms with Gasteiger partial charge in [0.05, 0.1) is 13.7 Å². The molecular formula is C20H28N2O4. The van der Waals surface area contributed by atoms with Crippen LogP contribution in [-0.4, -0.2) is 36.6 Å². The van der Waals surface area contributed by atoms with E-state index in [1.165, 1.54) is 20.0 Å². The number of carbonyl (C=O) groups is 2. The first-order chi connectivity index (χ1) is 12.3. The lowest BCUT2D eigenvalue weighted by Gasteiger charge is -2.29. The molecule has 1 aromatic heterocycles. The third-order valence-corrected chi connectivity index (χ3v) is 4.89. The Morgan fingerprint density at radius 2 is 1.96 bits per heavy atom. The van der Waals surface area contributed by atoms with Gasteiger partial charge in [-0.25, -0.2) is 9.78 Å². The minimum absolute atomic E-state index is 0.230. The van der Waals surface area contributed by atoms with Gasteiger partial charge in [-0.2, -0.15) is 0 Å². The number of nitrogens with zero attached hydrogens (tertiary/aromatic N) is 1. The van der Waals surface area contributed by atoms with Crippen molar-refractivity contribution < 1.29 is 19.1 Å². The molecule has 1 atom stereocenters. The quantitative estimate of drug-likeness (QED) is 0.756. The Hall–Kier alpha value is -2.11. The van der Waals surface area contributed by atoms with E-state index in [1.54, 1.807) is 6.20 Å². The van der Waals surface area contributed by atoms with Gasteiger partial charge >= 0.3 is 5.97 Å². The van der Waals surface area contributed by atoms with Gasteiger partial charge in [0.2, 0.25) is 0 Å². The van der Waals surface area contributed by atoms with E-state index in [-0.39, 0.29) is 5.69 Å². The molecule has 0 unspecified atom stereocenters. The maximum Gasteiger partial charge on any atom is 0.328 e. The molecule has 3 rings (SSSR count). The molecule has 142 valence electrons. The summed E-state index contributed by atoms with van der Waals surface area (Å²) < 4.78 is 10.8. The molecule has 2 aliphatic carbocycles. The van der Waals surface area contributed by atoms with E-state index in [9.17, 15) is 9.59 Å². The van der Waals surface area contributed by atoms with Gasteiger partial charge in [0, 0.05) is 6.20 Å². The maximum absolute atomic E-state index is 12.8. The number of methoxy groups -OCH3 is 1. The van der Waals surface area contributed by atoms with Crippen molar-refractivity contribution in [2.24, 2.45) is 11.3 Å². The Balaban J connectivity index is 1.80. The summed E-state index contributed by atoms with van der Waals surface area (Å²) in [5.74, 6) is 0.730. The van der Waals surface area contributed by atoms with Crippen LogP contribution in [0.25, 0.3) is 0 Å². The second kappa shape index (κ2) is 7.25. The molecule has 1 heterocycles. The van der Waals surface area contributed by atoms with E-state index in [2.05, 4.69) is 10.3 Å². The van der Waals surface area contributed by atoms with Crippen molar-refractivity contribution in [1.29, 1.82) is 0 Å². The summed E-state index contributed by atoms with van der Waals surface area (Å²) in [4.78, 5) is 29.3. The monoisotopic (exact) mass is 360 g/mol. The lowest BCUT2D eigenvalue weighted by Crippen LogP contribution is -2.49. The summed E-state index contributed by atoms with van der Waals surface area (Å²) in [7, 11) is 1.32. The second-order valence-corrected chi connectivity index (χ2v) is 8.44. The SMILES string of the molecule is COC(=O)[C@@H](NC(=O)c1ncc(C2CC2)cc1OCC1CC1)C(C)(C)C. The first-order valence-electron chi connectivity index (χ1n) is 9.31. The number of nitrogens with one attached hydrogen (secondary N) is 1. The Kier molecular flexibility index (Phi) is 5.21. The number of carbonyl (C=O) groups excluding carboxylic acids is 2. The van der Waals surface area contributed by atoms with E-state index in [4.69, 9.17) is 9.47 Å². The van der Waals surface area contributed by atoms with Crippen molar-refractivity contribution in [3.63, 3.8) is 0 Å². The number of amides is 1. The molecule has 0 aromatic carbocycles. The van der Waals surface area contributed by atoms with Crippen molar-refractivity contribution in [1.82, 2.24) is 10.3 Å². The zero-order chi connectivity index (χ0) is 18.9. The van der Waals surface area contributed by atoms with Crippen LogP contribution in [0.1, 0.15) is 68.4 Å². The summed E-state index contributed by atoms with van der Waals surface area (Å²) in [6, 6.07) is 1.17. The molecular weight excluding hydrogens is 332 g/mol. The lowest BCUT2D eigenvalue weighted by molar-refractivity contribution is -0.145. The van der Waals surface area contributed by atoms with Crippen LogP contribution in [0, 0.1) is 11.3 Å². The summed E-state index contributed by atoms with van der Waals surface area (Å²) in [6.45, 7) is 6.24. The molecule has 0 bridgehead atoms. The first kappa shape index (κ1) is 18.7. The van der Waals surface area contributed by atoms with E-state index >= 15 is 0 Å². The highest BCUT2D eigenvalue weighted by Gasteiger charge is 2.35. The number of aromatic nitrogens is 1. The van der Waals surface area contributed by atoms with Gasteiger partial charge < -0.3 is 14.8 Å². The normalized spacial score (nSPS) is 18.2. The highest BCUT2D eigenvalue weighted by atomic mass is 16.5. The van der Waals surface area contributed by atoms with Gasteiger partial charge in [-0.3, -0.25) is 4.79 Å². The highest BCUT2D eigenvalue weighted by molar-refractivity contribution is 5.97. The Bertz CT molecular complexity index is 688. The van der Waals surface area contributed by atoms with Crippen molar-refractivity contribution >= 4 is 11.9 Å². The number of hydrogen-bond donors (Lipinski definition) is 1. The predicted octanol–water partition coefficient (Wildman–Crippen LogP) is 3.07. The third-order valence-electron chi connectivity index (χ3n) is 4.89. The Labute approximate surface area is 154 Å². The second-order valence-electron chi connectivity index (χ2n) is 8.44. The van der Waals surface area contributed by atoms with Crippen LogP contribution in [0.2, 0.25) is 0 Å². The average molecular weight is 360 g/mol. The molecule has 1 N–H and O–H groups in total. The van der Waals surface area contributed by atoms with Crippen molar-refractivity contribution in [3.8, 4) is 5.75 Å². The molecule has 6 nitrogen and oxygen atoms in total. The maximum atomic E-state index is 12.8. The van der Waals surface area contributed by atoms with Gasteiger partial charge in [0.15, 0.2) is 11.4 Å². The van der Waals surface area contributed by atoms with Gasteiger partial charge in [0.25, 0.3) is 5.91 Å². The third kappa shape index (κ3) is 4.54. The molecule has 0 aliphatic heterocycles. The number of esters is 1. The van der Waals surface area contributed by atoms with Gasteiger partial charge in [-0.1, -0.05) is 20.8 Å². The fraction of sp³-hybridized carbons (Fsp3) is 0.650. The zero-order valence-corrected chi connectivity index (χ0v) is 16.0. The molecule has 1 amide bonds. The van der Waals surface area contributed by atoms with Gasteiger partial charge in [-0.15, -0.1) is 0 Å². The van der Waals surface area contributed by atoms with Crippen molar-refractivity contribution in [2.75, 3.05) is 13.7 Å². The molecule has 2 aliphatic rings.